The molecule has 4 fully saturated rings. The standard InChI is InChI=1S/C56H80Si.2CH3.2ClH.Zr/c1-9-34-57(8,53-43(35-39-18-12-10-13-19-39)37-51-47(22-16-24-49(51)53)41-26-30-45(31-27-41)55(2,3)4)54-44(36-40-20-14-11-15-21-40)38-52-48(23-17-25-50(52)54)42-28-32-46(33-29-42)56(5,6)7;;;;;/h16-17,22-33,39-40,43-44,49-54H,9-15,18-21,34-38H2,1-8H3;2*1H3;2*1H;/q;2*-1;;;+4/p-2. The molecule has 4 heteroatoms. The van der Waals surface area contributed by atoms with Crippen LogP contribution in [0.1, 0.15) is 167 Å². The van der Waals surface area contributed by atoms with E-state index in [1.807, 2.05) is 0 Å². The second-order valence-electron chi connectivity index (χ2n) is 22.9. The van der Waals surface area contributed by atoms with Gasteiger partial charge in [0.2, 0.25) is 0 Å². The third kappa shape index (κ3) is 11.6. The van der Waals surface area contributed by atoms with Crippen LogP contribution in [0, 0.1) is 62.2 Å². The third-order valence-corrected chi connectivity index (χ3v) is 23.4. The van der Waals surface area contributed by atoms with Crippen molar-refractivity contribution in [3.63, 3.8) is 0 Å². The first-order valence-corrected chi connectivity index (χ1v) is 33.9. The van der Waals surface area contributed by atoms with Gasteiger partial charge in [-0.05, 0) is 128 Å². The Bertz CT molecular complexity index is 1680. The Balaban J connectivity index is 0.00000141. The summed E-state index contributed by atoms with van der Waals surface area (Å²) in [5.74, 6) is 6.38. The van der Waals surface area contributed by atoms with E-state index in [4.69, 9.17) is 17.0 Å². The number of benzene rings is 2. The molecule has 0 aliphatic heterocycles. The zero-order valence-corrected chi connectivity index (χ0v) is 45.9. The van der Waals surface area contributed by atoms with E-state index in [0.717, 1.165) is 34.8 Å². The summed E-state index contributed by atoms with van der Waals surface area (Å²) in [6, 6.07) is 21.2. The van der Waals surface area contributed by atoms with Crippen LogP contribution in [0.5, 0.6) is 0 Å². The maximum absolute atomic E-state index is 4.93. The van der Waals surface area contributed by atoms with E-state index < -0.39 is 28.9 Å². The summed E-state index contributed by atoms with van der Waals surface area (Å²) >= 11 is -0.826. The van der Waals surface area contributed by atoms with Crippen LogP contribution in [0.3, 0.4) is 0 Å². The van der Waals surface area contributed by atoms with Crippen LogP contribution in [-0.4, -0.2) is 8.07 Å². The summed E-state index contributed by atoms with van der Waals surface area (Å²) in [4.78, 5) is 0. The summed E-state index contributed by atoms with van der Waals surface area (Å²) in [7, 11) is 7.99. The van der Waals surface area contributed by atoms with Crippen LogP contribution in [0.4, 0.5) is 0 Å². The predicted molar refractivity (Wildman–Crippen MR) is 276 cm³/mol. The average Bonchev–Trinajstić information content (AvgIpc) is 3.80. The van der Waals surface area contributed by atoms with Crippen LogP contribution in [0.2, 0.25) is 23.7 Å². The van der Waals surface area contributed by atoms with E-state index in [-0.39, 0.29) is 25.7 Å². The summed E-state index contributed by atoms with van der Waals surface area (Å²) in [6.07, 6.45) is 37.7. The van der Waals surface area contributed by atoms with Crippen LogP contribution in [0.15, 0.2) is 85.0 Å². The van der Waals surface area contributed by atoms with Gasteiger partial charge in [-0.15, -0.1) is 0 Å². The molecule has 0 heterocycles. The molecule has 6 aliphatic carbocycles. The molecular weight excluding hydrogens is 887 g/mol. The normalized spacial score (nSPS) is 29.6. The molecule has 8 rings (SSSR count). The predicted octanol–water partition coefficient (Wildman–Crippen LogP) is 18.8. The topological polar surface area (TPSA) is 0 Å². The molecule has 0 nitrogen and oxygen atoms in total. The molecule has 8 unspecified atom stereocenters. The number of halogens is 2. The zero-order valence-electron chi connectivity index (χ0n) is 40.9. The molecule has 0 aromatic heterocycles. The number of fused-ring (bicyclic) bond motifs is 2. The molecule has 2 aromatic rings. The van der Waals surface area contributed by atoms with E-state index >= 15 is 0 Å². The van der Waals surface area contributed by atoms with Gasteiger partial charge < -0.3 is 14.9 Å². The van der Waals surface area contributed by atoms with Crippen molar-refractivity contribution in [1.29, 1.82) is 0 Å². The van der Waals surface area contributed by atoms with Gasteiger partial charge in [0, 0.05) is 0 Å². The summed E-state index contributed by atoms with van der Waals surface area (Å²) < 4.78 is 0. The molecule has 340 valence electrons. The molecule has 0 amide bonds. The number of hydrogen-bond acceptors (Lipinski definition) is 0. The molecule has 0 radical (unpaired) electrons. The Morgan fingerprint density at radius 3 is 1.26 bits per heavy atom. The molecule has 8 atom stereocenters. The first-order valence-electron chi connectivity index (χ1n) is 24.7. The minimum atomic E-state index is -1.88. The monoisotopic (exact) mass is 970 g/mol. The fourth-order valence-corrected chi connectivity index (χ4v) is 21.9. The molecule has 2 aromatic carbocycles. The van der Waals surface area contributed by atoms with Crippen molar-refractivity contribution in [2.45, 2.75) is 179 Å². The Morgan fingerprint density at radius 1 is 0.581 bits per heavy atom. The van der Waals surface area contributed by atoms with Gasteiger partial charge in [-0.3, -0.25) is 0 Å². The average molecular weight is 974 g/mol. The van der Waals surface area contributed by atoms with Crippen LogP contribution in [-0.2, 0) is 31.7 Å². The number of hydrogen-bond donors (Lipinski definition) is 0. The van der Waals surface area contributed by atoms with Gasteiger partial charge in [-0.2, -0.15) is 0 Å². The molecule has 0 saturated heterocycles. The van der Waals surface area contributed by atoms with E-state index in [1.54, 1.807) is 11.1 Å². The maximum atomic E-state index is 4.93. The fourth-order valence-electron chi connectivity index (χ4n) is 14.6. The van der Waals surface area contributed by atoms with E-state index in [2.05, 4.69) is 140 Å². The van der Waals surface area contributed by atoms with E-state index in [9.17, 15) is 0 Å². The molecule has 4 saturated carbocycles. The molecule has 6 aliphatic rings. The second-order valence-corrected chi connectivity index (χ2v) is 31.5. The van der Waals surface area contributed by atoms with Gasteiger partial charge in [0.15, 0.2) is 0 Å². The van der Waals surface area contributed by atoms with E-state index in [1.165, 1.54) is 125 Å². The van der Waals surface area contributed by atoms with Crippen LogP contribution in [0.25, 0.3) is 11.1 Å². The van der Waals surface area contributed by atoms with Gasteiger partial charge >= 0.3 is 37.9 Å². The van der Waals surface area contributed by atoms with Crippen molar-refractivity contribution in [3.8, 4) is 0 Å². The fraction of sp³-hybridized carbons (Fsp3) is 0.621. The quantitative estimate of drug-likeness (QED) is 0.164. The van der Waals surface area contributed by atoms with Gasteiger partial charge in [0.1, 0.15) is 0 Å². The van der Waals surface area contributed by atoms with Crippen molar-refractivity contribution in [2.24, 2.45) is 47.3 Å². The zero-order chi connectivity index (χ0) is 42.7. The van der Waals surface area contributed by atoms with Crippen LogP contribution >= 0.6 is 17.0 Å². The Morgan fingerprint density at radius 2 is 0.935 bits per heavy atom. The van der Waals surface area contributed by atoms with Crippen molar-refractivity contribution in [1.82, 2.24) is 0 Å². The minimum absolute atomic E-state index is 0. The van der Waals surface area contributed by atoms with Gasteiger partial charge in [-0.25, -0.2) is 0 Å². The van der Waals surface area contributed by atoms with Crippen molar-refractivity contribution in [2.75, 3.05) is 0 Å². The first-order chi connectivity index (χ1) is 28.8. The van der Waals surface area contributed by atoms with E-state index in [0.29, 0.717) is 23.7 Å². The molecule has 0 spiro atoms. The Labute approximate surface area is 402 Å². The Hall–Kier alpha value is -0.920. The van der Waals surface area contributed by atoms with Crippen molar-refractivity contribution in [3.05, 3.63) is 122 Å². The molecular formula is C58H86Cl2SiZr. The first kappa shape index (κ1) is 52.1. The molecule has 0 bridgehead atoms. The third-order valence-electron chi connectivity index (χ3n) is 17.1. The number of rotatable bonds is 10. The van der Waals surface area contributed by atoms with Crippen molar-refractivity contribution >= 4 is 36.2 Å². The summed E-state index contributed by atoms with van der Waals surface area (Å²) in [5.41, 5.74) is 11.4. The van der Waals surface area contributed by atoms with Gasteiger partial charge in [0.05, 0.1) is 8.07 Å². The summed E-state index contributed by atoms with van der Waals surface area (Å²) in [6.45, 7) is 19.7. The molecule has 0 N–H and O–H groups in total. The Kier molecular flexibility index (Phi) is 19.1. The van der Waals surface area contributed by atoms with Crippen molar-refractivity contribution < 1.29 is 20.8 Å². The van der Waals surface area contributed by atoms with Gasteiger partial charge in [-0.1, -0.05) is 217 Å². The molecule has 62 heavy (non-hydrogen) atoms. The summed E-state index contributed by atoms with van der Waals surface area (Å²) in [5, 5.41) is 0. The van der Waals surface area contributed by atoms with Gasteiger partial charge in [0.25, 0.3) is 0 Å². The van der Waals surface area contributed by atoms with Crippen LogP contribution < -0.4 is 0 Å². The number of allylic oxidation sites excluding steroid dienone is 8. The second kappa shape index (κ2) is 22.7. The SMILES string of the molecule is CCC[Si](C)(C1C(CC2CCCCC2)CC2C(c3ccc(C(C)(C)C)cc3)=CC=CC21)C1C(CC2CCCCC2)CC2C(c3ccc(C(C)(C)C)cc3)=CC=CC21.[CH3-].[CH3-].[Cl][Zr+2][Cl].